The van der Waals surface area contributed by atoms with Gasteiger partial charge in [0.05, 0.1) is 17.6 Å². The summed E-state index contributed by atoms with van der Waals surface area (Å²) < 4.78 is 14.8. The Hall–Kier alpha value is -2.37. The molecule has 0 fully saturated rings. The maximum Gasteiger partial charge on any atom is 0.323 e. The first-order valence-electron chi connectivity index (χ1n) is 4.81. The molecule has 88 valence electrons. The number of carbonyl (C=O) groups excluding carboxylic acids is 1. The van der Waals surface area contributed by atoms with Crippen molar-refractivity contribution in [3.63, 3.8) is 0 Å². The van der Waals surface area contributed by atoms with Gasteiger partial charge >= 0.3 is 12.0 Å². The zero-order valence-corrected chi connectivity index (χ0v) is 8.68. The number of carboxylic acids is 1. The highest BCUT2D eigenvalue weighted by molar-refractivity contribution is 5.93. The molecule has 0 saturated heterocycles. The third-order valence-corrected chi connectivity index (χ3v) is 2.44. The monoisotopic (exact) mass is 236 g/mol. The lowest BCUT2D eigenvalue weighted by Crippen LogP contribution is -2.23. The Balaban J connectivity index is 2.80. The van der Waals surface area contributed by atoms with E-state index in [1.165, 1.54) is 12.1 Å². The van der Waals surface area contributed by atoms with Crippen molar-refractivity contribution >= 4 is 22.9 Å². The van der Waals surface area contributed by atoms with E-state index in [2.05, 4.69) is 0 Å². The molecule has 5 nitrogen and oxygen atoms in total. The summed E-state index contributed by atoms with van der Waals surface area (Å²) >= 11 is 0. The quantitative estimate of drug-likeness (QED) is 0.824. The van der Waals surface area contributed by atoms with Gasteiger partial charge in [-0.25, -0.2) is 9.18 Å². The Morgan fingerprint density at radius 1 is 1.35 bits per heavy atom. The maximum atomic E-state index is 13.9. The summed E-state index contributed by atoms with van der Waals surface area (Å²) in [5.74, 6) is -1.95. The molecule has 1 aromatic heterocycles. The van der Waals surface area contributed by atoms with Crippen LogP contribution in [0.25, 0.3) is 10.9 Å². The summed E-state index contributed by atoms with van der Waals surface area (Å²) in [5.41, 5.74) is 5.18. The van der Waals surface area contributed by atoms with Crippen molar-refractivity contribution in [3.05, 3.63) is 35.8 Å². The molecule has 0 aliphatic rings. The van der Waals surface area contributed by atoms with Crippen LogP contribution in [0.4, 0.5) is 9.18 Å². The second kappa shape index (κ2) is 3.89. The molecule has 6 heteroatoms. The number of primary amides is 1. The molecule has 2 rings (SSSR count). The largest absolute Gasteiger partial charge is 0.481 e. The first kappa shape index (κ1) is 11.1. The zero-order chi connectivity index (χ0) is 12.6. The van der Waals surface area contributed by atoms with Crippen molar-refractivity contribution in [1.29, 1.82) is 0 Å². The van der Waals surface area contributed by atoms with Crippen LogP contribution in [0.3, 0.4) is 0 Å². The summed E-state index contributed by atoms with van der Waals surface area (Å²) in [6.07, 6.45) is -0.594. The van der Waals surface area contributed by atoms with Crippen molar-refractivity contribution in [1.82, 2.24) is 4.57 Å². The number of halogens is 1. The topological polar surface area (TPSA) is 85.3 Å². The Kier molecular flexibility index (Phi) is 2.55. The molecular formula is C11H9FN2O3. The minimum absolute atomic E-state index is 0.183. The highest BCUT2D eigenvalue weighted by Gasteiger charge is 2.21. The number of nitrogens with zero attached hydrogens (tertiary/aromatic N) is 1. The molecule has 0 aliphatic heterocycles. The number of hydrogen-bond donors (Lipinski definition) is 2. The number of fused-ring (bicyclic) bond motifs is 1. The molecule has 1 aromatic carbocycles. The van der Waals surface area contributed by atoms with Crippen LogP contribution < -0.4 is 5.73 Å². The summed E-state index contributed by atoms with van der Waals surface area (Å²) in [6.45, 7) is 0. The lowest BCUT2D eigenvalue weighted by Gasteiger charge is -2.03. The Morgan fingerprint density at radius 3 is 2.59 bits per heavy atom. The Labute approximate surface area is 95.2 Å². The maximum absolute atomic E-state index is 13.9. The summed E-state index contributed by atoms with van der Waals surface area (Å²) in [6, 6.07) is 5.29. The molecule has 2 aromatic rings. The third-order valence-electron chi connectivity index (χ3n) is 2.44. The fourth-order valence-corrected chi connectivity index (χ4v) is 1.80. The van der Waals surface area contributed by atoms with Crippen LogP contribution >= 0.6 is 0 Å². The lowest BCUT2D eigenvalue weighted by atomic mass is 10.2. The van der Waals surface area contributed by atoms with Crippen molar-refractivity contribution in [2.24, 2.45) is 5.73 Å². The van der Waals surface area contributed by atoms with Crippen LogP contribution in [0.15, 0.2) is 24.3 Å². The van der Waals surface area contributed by atoms with Gasteiger partial charge in [0.2, 0.25) is 0 Å². The third kappa shape index (κ3) is 1.73. The molecule has 0 aliphatic carbocycles. The van der Waals surface area contributed by atoms with Gasteiger partial charge in [0.1, 0.15) is 0 Å². The van der Waals surface area contributed by atoms with E-state index < -0.39 is 24.2 Å². The minimum Gasteiger partial charge on any atom is -0.481 e. The van der Waals surface area contributed by atoms with Crippen LogP contribution in [0.5, 0.6) is 0 Å². The van der Waals surface area contributed by atoms with E-state index in [9.17, 15) is 14.0 Å². The molecule has 0 atom stereocenters. The molecule has 0 saturated carbocycles. The van der Waals surface area contributed by atoms with Gasteiger partial charge in [0, 0.05) is 5.39 Å². The number of aliphatic carboxylic acids is 1. The van der Waals surface area contributed by atoms with Crippen molar-refractivity contribution < 1.29 is 19.1 Å². The average Bonchev–Trinajstić information content (AvgIpc) is 2.52. The highest BCUT2D eigenvalue weighted by atomic mass is 19.1. The van der Waals surface area contributed by atoms with E-state index in [-0.39, 0.29) is 16.6 Å². The molecule has 0 unspecified atom stereocenters. The van der Waals surface area contributed by atoms with Gasteiger partial charge in [-0.1, -0.05) is 12.1 Å². The summed E-state index contributed by atoms with van der Waals surface area (Å²) in [7, 11) is 0. The predicted molar refractivity (Wildman–Crippen MR) is 58.2 cm³/mol. The molecule has 3 N–H and O–H groups in total. The average molecular weight is 236 g/mol. The number of para-hydroxylation sites is 1. The lowest BCUT2D eigenvalue weighted by molar-refractivity contribution is -0.136. The van der Waals surface area contributed by atoms with E-state index in [4.69, 9.17) is 10.8 Å². The van der Waals surface area contributed by atoms with Crippen LogP contribution in [0.1, 0.15) is 5.69 Å². The van der Waals surface area contributed by atoms with E-state index in [1.807, 2.05) is 0 Å². The van der Waals surface area contributed by atoms with E-state index in [1.54, 1.807) is 12.1 Å². The smallest absolute Gasteiger partial charge is 0.323 e. The normalized spacial score (nSPS) is 10.6. The first-order chi connectivity index (χ1) is 8.02. The number of benzene rings is 1. The van der Waals surface area contributed by atoms with Gasteiger partial charge in [0.25, 0.3) is 0 Å². The fourth-order valence-electron chi connectivity index (χ4n) is 1.80. The van der Waals surface area contributed by atoms with E-state index in [0.29, 0.717) is 0 Å². The molecular weight excluding hydrogens is 227 g/mol. The first-order valence-corrected chi connectivity index (χ1v) is 4.81. The van der Waals surface area contributed by atoms with Crippen LogP contribution in [0.2, 0.25) is 0 Å². The van der Waals surface area contributed by atoms with Crippen LogP contribution in [0, 0.1) is 5.82 Å². The van der Waals surface area contributed by atoms with Crippen molar-refractivity contribution in [2.45, 2.75) is 6.42 Å². The number of nitrogens with two attached hydrogens (primary N) is 1. The number of carboxylic acid groups (broad SMARTS) is 1. The highest BCUT2D eigenvalue weighted by Crippen LogP contribution is 2.24. The fraction of sp³-hybridized carbons (Fsp3) is 0.0909. The Bertz CT molecular complexity index is 618. The zero-order valence-electron chi connectivity index (χ0n) is 8.68. The molecule has 17 heavy (non-hydrogen) atoms. The van der Waals surface area contributed by atoms with Crippen molar-refractivity contribution in [3.8, 4) is 0 Å². The van der Waals surface area contributed by atoms with E-state index >= 15 is 0 Å². The molecule has 1 heterocycles. The Morgan fingerprint density at radius 2 is 2.00 bits per heavy atom. The van der Waals surface area contributed by atoms with Crippen LogP contribution in [-0.4, -0.2) is 21.7 Å². The second-order valence-electron chi connectivity index (χ2n) is 3.52. The number of hydrogen-bond acceptors (Lipinski definition) is 2. The van der Waals surface area contributed by atoms with Crippen LogP contribution in [-0.2, 0) is 11.2 Å². The van der Waals surface area contributed by atoms with Gasteiger partial charge in [-0.15, -0.1) is 0 Å². The predicted octanol–water partition coefficient (Wildman–Crippen LogP) is 1.33. The SMILES string of the molecule is NC(=O)n1c(CC(=O)O)c(F)c2ccccc21. The second-order valence-corrected chi connectivity index (χ2v) is 3.52. The molecule has 0 bridgehead atoms. The number of amides is 1. The van der Waals surface area contributed by atoms with Gasteiger partial charge in [-0.3, -0.25) is 9.36 Å². The van der Waals surface area contributed by atoms with E-state index in [0.717, 1.165) is 4.57 Å². The van der Waals surface area contributed by atoms with Gasteiger partial charge in [-0.05, 0) is 12.1 Å². The summed E-state index contributed by atoms with van der Waals surface area (Å²) in [4.78, 5) is 21.9. The van der Waals surface area contributed by atoms with Gasteiger partial charge in [0.15, 0.2) is 5.82 Å². The van der Waals surface area contributed by atoms with Crippen molar-refractivity contribution in [2.75, 3.05) is 0 Å². The molecule has 0 radical (unpaired) electrons. The number of rotatable bonds is 2. The minimum atomic E-state index is -1.23. The van der Waals surface area contributed by atoms with Gasteiger partial charge < -0.3 is 10.8 Å². The number of aromatic nitrogens is 1. The summed E-state index contributed by atoms with van der Waals surface area (Å²) in [5, 5.41) is 8.87. The molecule has 0 spiro atoms. The standard InChI is InChI=1S/C11H9FN2O3/c12-10-6-3-1-2-4-7(6)14(11(13)17)8(10)5-9(15)16/h1-4H,5H2,(H2,13,17)(H,15,16). The molecule has 1 amide bonds. The van der Waals surface area contributed by atoms with Gasteiger partial charge in [-0.2, -0.15) is 0 Å². The number of carbonyl (C=O) groups is 2.